The average molecular weight is 234 g/mol. The minimum atomic E-state index is -0.0354. The minimum Gasteiger partial charge on any atom is -0.322 e. The summed E-state index contributed by atoms with van der Waals surface area (Å²) in [6.07, 6.45) is 2.33. The first-order valence-electron chi connectivity index (χ1n) is 6.41. The van der Waals surface area contributed by atoms with Crippen molar-refractivity contribution in [2.45, 2.75) is 45.2 Å². The van der Waals surface area contributed by atoms with Crippen LogP contribution < -0.4 is 5.73 Å². The largest absolute Gasteiger partial charge is 0.322 e. The van der Waals surface area contributed by atoms with E-state index in [1.807, 2.05) is 0 Å². The molecule has 1 rings (SSSR count). The number of aryl methyl sites for hydroxylation is 1. The number of nitrogens with zero attached hydrogens (tertiary/aromatic N) is 1. The van der Waals surface area contributed by atoms with Gasteiger partial charge in [0.1, 0.15) is 0 Å². The van der Waals surface area contributed by atoms with Crippen molar-refractivity contribution in [2.75, 3.05) is 14.1 Å². The highest BCUT2D eigenvalue weighted by molar-refractivity contribution is 5.27. The maximum absolute atomic E-state index is 6.36. The predicted molar refractivity (Wildman–Crippen MR) is 75.1 cm³/mol. The molecule has 2 nitrogen and oxygen atoms in total. The third-order valence-corrected chi connectivity index (χ3v) is 3.79. The first-order valence-corrected chi connectivity index (χ1v) is 6.41. The molecule has 17 heavy (non-hydrogen) atoms. The Bertz CT molecular complexity index is 338. The van der Waals surface area contributed by atoms with Crippen LogP contribution in [0.15, 0.2) is 24.3 Å². The fourth-order valence-corrected chi connectivity index (χ4v) is 1.87. The summed E-state index contributed by atoms with van der Waals surface area (Å²) in [5, 5.41) is 0. The molecule has 0 bridgehead atoms. The highest BCUT2D eigenvalue weighted by Gasteiger charge is 2.29. The summed E-state index contributed by atoms with van der Waals surface area (Å²) in [7, 11) is 4.15. The summed E-state index contributed by atoms with van der Waals surface area (Å²) < 4.78 is 0. The predicted octanol–water partition coefficient (Wildman–Crippen LogP) is 2.98. The molecule has 0 aromatic heterocycles. The molecule has 2 heteroatoms. The van der Waals surface area contributed by atoms with E-state index in [4.69, 9.17) is 5.73 Å². The average Bonchev–Trinajstić information content (AvgIpc) is 2.29. The fraction of sp³-hybridized carbons (Fsp3) is 0.600. The second kappa shape index (κ2) is 5.65. The van der Waals surface area contributed by atoms with Gasteiger partial charge in [-0.2, -0.15) is 0 Å². The van der Waals surface area contributed by atoms with Gasteiger partial charge in [-0.3, -0.25) is 0 Å². The molecule has 1 aromatic rings. The summed E-state index contributed by atoms with van der Waals surface area (Å²) in [5.74, 6) is 0. The molecule has 1 unspecified atom stereocenters. The molecule has 0 fully saturated rings. The van der Waals surface area contributed by atoms with Crippen molar-refractivity contribution >= 4 is 0 Å². The third-order valence-electron chi connectivity index (χ3n) is 3.79. The zero-order valence-electron chi connectivity index (χ0n) is 11.8. The quantitative estimate of drug-likeness (QED) is 0.848. The smallest absolute Gasteiger partial charge is 0.0476 e. The first kappa shape index (κ1) is 14.2. The topological polar surface area (TPSA) is 29.3 Å². The van der Waals surface area contributed by atoms with E-state index < -0.39 is 0 Å². The van der Waals surface area contributed by atoms with Crippen LogP contribution >= 0.6 is 0 Å². The second-order valence-electron chi connectivity index (χ2n) is 5.52. The van der Waals surface area contributed by atoms with Crippen molar-refractivity contribution in [1.82, 2.24) is 4.90 Å². The molecule has 0 radical (unpaired) electrons. The number of rotatable bonds is 5. The number of likely N-dealkylation sites (N-methyl/N-ethyl adjacent to an activating group) is 1. The summed E-state index contributed by atoms with van der Waals surface area (Å²) >= 11 is 0. The number of hydrogen-bond acceptors (Lipinski definition) is 2. The summed E-state index contributed by atoms with van der Waals surface area (Å²) in [6, 6.07) is 8.77. The molecule has 1 atom stereocenters. The van der Waals surface area contributed by atoms with Crippen molar-refractivity contribution < 1.29 is 0 Å². The molecule has 96 valence electrons. The molecule has 1 aromatic carbocycles. The molecule has 2 N–H and O–H groups in total. The minimum absolute atomic E-state index is 0.0353. The van der Waals surface area contributed by atoms with Crippen LogP contribution in [-0.2, 0) is 6.42 Å². The lowest BCUT2D eigenvalue weighted by molar-refractivity contribution is 0.159. The Kier molecular flexibility index (Phi) is 4.72. The Hall–Kier alpha value is -0.860. The van der Waals surface area contributed by atoms with E-state index >= 15 is 0 Å². The van der Waals surface area contributed by atoms with Crippen LogP contribution in [-0.4, -0.2) is 24.5 Å². The third kappa shape index (κ3) is 3.30. The Labute approximate surface area is 106 Å². The van der Waals surface area contributed by atoms with Crippen molar-refractivity contribution in [3.05, 3.63) is 35.4 Å². The van der Waals surface area contributed by atoms with Crippen molar-refractivity contribution in [2.24, 2.45) is 5.73 Å². The van der Waals surface area contributed by atoms with Gasteiger partial charge >= 0.3 is 0 Å². The van der Waals surface area contributed by atoms with E-state index in [-0.39, 0.29) is 11.6 Å². The van der Waals surface area contributed by atoms with Gasteiger partial charge in [-0.15, -0.1) is 0 Å². The van der Waals surface area contributed by atoms with Crippen molar-refractivity contribution in [3.63, 3.8) is 0 Å². The maximum atomic E-state index is 6.36. The molecule has 0 aliphatic heterocycles. The van der Waals surface area contributed by atoms with E-state index in [2.05, 4.69) is 64.0 Å². The van der Waals surface area contributed by atoms with Gasteiger partial charge in [0.05, 0.1) is 0 Å². The Morgan fingerprint density at radius 1 is 1.18 bits per heavy atom. The Morgan fingerprint density at radius 3 is 2.12 bits per heavy atom. The van der Waals surface area contributed by atoms with E-state index in [1.165, 1.54) is 17.5 Å². The van der Waals surface area contributed by atoms with Crippen LogP contribution in [0.25, 0.3) is 0 Å². The normalized spacial score (nSPS) is 14.1. The van der Waals surface area contributed by atoms with Gasteiger partial charge in [-0.1, -0.05) is 37.6 Å². The number of hydrogen-bond donors (Lipinski definition) is 1. The Balaban J connectivity index is 2.86. The van der Waals surface area contributed by atoms with E-state index in [0.29, 0.717) is 0 Å². The number of nitrogens with two attached hydrogens (primary N) is 1. The fourth-order valence-electron chi connectivity index (χ4n) is 1.87. The van der Waals surface area contributed by atoms with Gasteiger partial charge in [0.15, 0.2) is 0 Å². The highest BCUT2D eigenvalue weighted by atomic mass is 15.2. The van der Waals surface area contributed by atoms with Gasteiger partial charge < -0.3 is 10.6 Å². The second-order valence-corrected chi connectivity index (χ2v) is 5.52. The summed E-state index contributed by atoms with van der Waals surface area (Å²) in [6.45, 7) is 6.56. The molecule has 0 spiro atoms. The molecule has 0 amide bonds. The Morgan fingerprint density at radius 2 is 1.71 bits per heavy atom. The molecular formula is C15H26N2. The molecule has 0 aliphatic rings. The first-order chi connectivity index (χ1) is 7.89. The monoisotopic (exact) mass is 234 g/mol. The lowest BCUT2D eigenvalue weighted by atomic mass is 9.88. The van der Waals surface area contributed by atoms with Gasteiger partial charge in [0.2, 0.25) is 0 Å². The van der Waals surface area contributed by atoms with Gasteiger partial charge in [-0.05, 0) is 45.5 Å². The van der Waals surface area contributed by atoms with Gasteiger partial charge in [0.25, 0.3) is 0 Å². The SMILES string of the molecule is CCCc1ccc(C(N)C(C)(C)N(C)C)cc1. The van der Waals surface area contributed by atoms with E-state index in [0.717, 1.165) is 6.42 Å². The zero-order chi connectivity index (χ0) is 13.1. The molecule has 0 heterocycles. The summed E-state index contributed by atoms with van der Waals surface area (Å²) in [4.78, 5) is 2.18. The van der Waals surface area contributed by atoms with Crippen LogP contribution in [0.3, 0.4) is 0 Å². The standard InChI is InChI=1S/C15H26N2/c1-6-7-12-8-10-13(11-9-12)14(16)15(2,3)17(4)5/h8-11,14H,6-7,16H2,1-5H3. The number of benzene rings is 1. The lowest BCUT2D eigenvalue weighted by Gasteiger charge is -2.38. The molecule has 0 aliphatic carbocycles. The van der Waals surface area contributed by atoms with Crippen LogP contribution in [0, 0.1) is 0 Å². The van der Waals surface area contributed by atoms with Gasteiger partial charge in [-0.25, -0.2) is 0 Å². The van der Waals surface area contributed by atoms with E-state index in [1.54, 1.807) is 0 Å². The maximum Gasteiger partial charge on any atom is 0.0476 e. The zero-order valence-corrected chi connectivity index (χ0v) is 11.8. The van der Waals surface area contributed by atoms with Crippen LogP contribution in [0.4, 0.5) is 0 Å². The summed E-state index contributed by atoms with van der Waals surface area (Å²) in [5.41, 5.74) is 8.93. The van der Waals surface area contributed by atoms with E-state index in [9.17, 15) is 0 Å². The molecule has 0 saturated carbocycles. The molecule has 0 saturated heterocycles. The van der Waals surface area contributed by atoms with Crippen molar-refractivity contribution in [3.8, 4) is 0 Å². The lowest BCUT2D eigenvalue weighted by Crippen LogP contribution is -2.47. The highest BCUT2D eigenvalue weighted by Crippen LogP contribution is 2.27. The molecular weight excluding hydrogens is 208 g/mol. The van der Waals surface area contributed by atoms with Crippen molar-refractivity contribution in [1.29, 1.82) is 0 Å². The van der Waals surface area contributed by atoms with Crippen LogP contribution in [0.2, 0.25) is 0 Å². The van der Waals surface area contributed by atoms with Gasteiger partial charge in [0, 0.05) is 11.6 Å². The van der Waals surface area contributed by atoms with Crippen LogP contribution in [0.5, 0.6) is 0 Å². The van der Waals surface area contributed by atoms with Crippen LogP contribution in [0.1, 0.15) is 44.4 Å².